The maximum Gasteiger partial charge on any atom is 0.313 e. The minimum atomic E-state index is -1.31. The van der Waals surface area contributed by atoms with Gasteiger partial charge in [0.25, 0.3) is 0 Å². The number of esters is 1. The Morgan fingerprint density at radius 1 is 1.61 bits per heavy atom. The van der Waals surface area contributed by atoms with Crippen LogP contribution in [0.5, 0.6) is 0 Å². The quantitative estimate of drug-likeness (QED) is 0.254. The summed E-state index contributed by atoms with van der Waals surface area (Å²) in [6, 6.07) is -0.589. The fourth-order valence-corrected chi connectivity index (χ4v) is 2.25. The molecule has 7 heteroatoms. The van der Waals surface area contributed by atoms with Crippen LogP contribution in [0.3, 0.4) is 0 Å². The molecule has 1 aliphatic rings. The Hall–Kier alpha value is -1.59. The van der Waals surface area contributed by atoms with Gasteiger partial charge < -0.3 is 9.84 Å². The summed E-state index contributed by atoms with van der Waals surface area (Å²) in [5.74, 6) is -0.986. The van der Waals surface area contributed by atoms with Gasteiger partial charge in [-0.25, -0.2) is 0 Å². The number of azide groups is 1. The molecule has 1 fully saturated rings. The Morgan fingerprint density at radius 2 is 2.33 bits per heavy atom. The lowest BCUT2D eigenvalue weighted by Gasteiger charge is -2.26. The summed E-state index contributed by atoms with van der Waals surface area (Å²) in [6.45, 7) is 1.88. The number of ketones is 1. The van der Waals surface area contributed by atoms with E-state index in [-0.39, 0.29) is 19.4 Å². The van der Waals surface area contributed by atoms with Gasteiger partial charge in [0.1, 0.15) is 12.2 Å². The van der Waals surface area contributed by atoms with Gasteiger partial charge in [-0.05, 0) is 25.3 Å². The smallest absolute Gasteiger partial charge is 0.313 e. The highest BCUT2D eigenvalue weighted by Gasteiger charge is 2.42. The van der Waals surface area contributed by atoms with Crippen LogP contribution in [0.15, 0.2) is 5.11 Å². The van der Waals surface area contributed by atoms with E-state index in [2.05, 4.69) is 14.8 Å². The Kier molecular flexibility index (Phi) is 5.12. The summed E-state index contributed by atoms with van der Waals surface area (Å²) in [5.41, 5.74) is 7.09. The molecule has 100 valence electrons. The van der Waals surface area contributed by atoms with Gasteiger partial charge >= 0.3 is 5.97 Å². The zero-order valence-electron chi connectivity index (χ0n) is 10.3. The average Bonchev–Trinajstić information content (AvgIpc) is 2.60. The third-order valence-corrected chi connectivity index (χ3v) is 3.05. The fraction of sp³-hybridized carbons (Fsp3) is 0.818. The third kappa shape index (κ3) is 3.72. The van der Waals surface area contributed by atoms with Gasteiger partial charge in [-0.2, -0.15) is 0 Å². The number of nitrogens with zero attached hydrogens (tertiary/aromatic N) is 3. The summed E-state index contributed by atoms with van der Waals surface area (Å²) >= 11 is 0. The van der Waals surface area contributed by atoms with Crippen molar-refractivity contribution in [3.8, 4) is 0 Å². The molecule has 0 bridgehead atoms. The van der Waals surface area contributed by atoms with E-state index >= 15 is 0 Å². The van der Waals surface area contributed by atoms with E-state index in [1.165, 1.54) is 0 Å². The molecule has 1 aliphatic carbocycles. The second-order valence-corrected chi connectivity index (χ2v) is 4.41. The first-order valence-electron chi connectivity index (χ1n) is 5.95. The van der Waals surface area contributed by atoms with Crippen molar-refractivity contribution in [2.75, 3.05) is 6.61 Å². The number of carbonyl (C=O) groups excluding carboxylic acids is 2. The summed E-state index contributed by atoms with van der Waals surface area (Å²) in [5, 5.41) is 13.8. The first-order chi connectivity index (χ1) is 8.51. The standard InChI is InChI=1S/C11H17N3O4/c1-2-18-10(16)6-8(15)7-11(17)5-3-4-9(11)13-14-12/h9,17H,2-7H2,1H3. The molecule has 0 aliphatic heterocycles. The van der Waals surface area contributed by atoms with Crippen LogP contribution in [0.2, 0.25) is 0 Å². The second-order valence-electron chi connectivity index (χ2n) is 4.41. The van der Waals surface area contributed by atoms with E-state index in [0.717, 1.165) is 0 Å². The van der Waals surface area contributed by atoms with Crippen molar-refractivity contribution in [1.29, 1.82) is 0 Å². The van der Waals surface area contributed by atoms with Gasteiger partial charge in [-0.1, -0.05) is 11.5 Å². The zero-order chi connectivity index (χ0) is 13.6. The molecule has 0 aromatic heterocycles. The predicted octanol–water partition coefficient (Wildman–Crippen LogP) is 1.49. The number of ether oxygens (including phenoxy) is 1. The molecule has 18 heavy (non-hydrogen) atoms. The van der Waals surface area contributed by atoms with Crippen LogP contribution in [0.4, 0.5) is 0 Å². The van der Waals surface area contributed by atoms with Crippen molar-refractivity contribution >= 4 is 11.8 Å². The Morgan fingerprint density at radius 3 is 2.94 bits per heavy atom. The van der Waals surface area contributed by atoms with E-state index in [1.54, 1.807) is 6.92 Å². The molecular weight excluding hydrogens is 238 g/mol. The molecule has 2 unspecified atom stereocenters. The van der Waals surface area contributed by atoms with Crippen LogP contribution in [0, 0.1) is 0 Å². The van der Waals surface area contributed by atoms with Gasteiger partial charge in [0.05, 0.1) is 18.2 Å². The van der Waals surface area contributed by atoms with Crippen molar-refractivity contribution in [2.24, 2.45) is 5.11 Å². The van der Waals surface area contributed by atoms with Crippen LogP contribution in [0.1, 0.15) is 39.0 Å². The monoisotopic (exact) mass is 255 g/mol. The molecule has 0 heterocycles. The number of Topliss-reactive ketones (excluding diaryl/α,β-unsaturated/α-hetero) is 1. The first-order valence-corrected chi connectivity index (χ1v) is 5.95. The van der Waals surface area contributed by atoms with Crippen molar-refractivity contribution in [1.82, 2.24) is 0 Å². The maximum atomic E-state index is 11.6. The second kappa shape index (κ2) is 6.37. The van der Waals surface area contributed by atoms with Crippen LogP contribution in [0.25, 0.3) is 10.4 Å². The third-order valence-electron chi connectivity index (χ3n) is 3.05. The van der Waals surface area contributed by atoms with Crippen LogP contribution in [-0.4, -0.2) is 35.1 Å². The van der Waals surface area contributed by atoms with Crippen molar-refractivity contribution in [2.45, 2.75) is 50.7 Å². The minimum Gasteiger partial charge on any atom is -0.466 e. The van der Waals surface area contributed by atoms with Crippen LogP contribution >= 0.6 is 0 Å². The van der Waals surface area contributed by atoms with E-state index in [1.807, 2.05) is 0 Å². The van der Waals surface area contributed by atoms with Gasteiger partial charge in [0.15, 0.2) is 0 Å². The van der Waals surface area contributed by atoms with E-state index in [0.29, 0.717) is 19.3 Å². The molecule has 0 aromatic carbocycles. The zero-order valence-corrected chi connectivity index (χ0v) is 10.3. The predicted molar refractivity (Wildman–Crippen MR) is 62.6 cm³/mol. The Bertz CT molecular complexity index is 378. The molecule has 7 nitrogen and oxygen atoms in total. The normalized spacial score (nSPS) is 26.4. The maximum absolute atomic E-state index is 11.6. The number of carbonyl (C=O) groups is 2. The van der Waals surface area contributed by atoms with E-state index < -0.39 is 23.4 Å². The SMILES string of the molecule is CCOC(=O)CC(=O)CC1(O)CCCC1N=[N+]=[N-]. The van der Waals surface area contributed by atoms with Gasteiger partial charge in [-0.15, -0.1) is 0 Å². The fourth-order valence-electron chi connectivity index (χ4n) is 2.25. The van der Waals surface area contributed by atoms with E-state index in [9.17, 15) is 14.7 Å². The van der Waals surface area contributed by atoms with E-state index in [4.69, 9.17) is 5.53 Å². The number of hydrogen-bond acceptors (Lipinski definition) is 5. The van der Waals surface area contributed by atoms with Crippen molar-refractivity contribution < 1.29 is 19.4 Å². The lowest BCUT2D eigenvalue weighted by Crippen LogP contribution is -2.38. The highest BCUT2D eigenvalue weighted by molar-refractivity contribution is 5.96. The van der Waals surface area contributed by atoms with Crippen molar-refractivity contribution in [3.05, 3.63) is 10.4 Å². The number of aliphatic hydroxyl groups is 1. The summed E-state index contributed by atoms with van der Waals surface area (Å²) in [6.07, 6.45) is 1.15. The highest BCUT2D eigenvalue weighted by Crippen LogP contribution is 2.35. The molecule has 0 spiro atoms. The molecule has 0 radical (unpaired) electrons. The topological polar surface area (TPSA) is 112 Å². The molecule has 0 saturated heterocycles. The molecular formula is C11H17N3O4. The number of rotatable bonds is 6. The van der Waals surface area contributed by atoms with Crippen molar-refractivity contribution in [3.63, 3.8) is 0 Å². The Balaban J connectivity index is 2.57. The first kappa shape index (κ1) is 14.5. The lowest BCUT2D eigenvalue weighted by atomic mass is 9.91. The molecule has 0 amide bonds. The highest BCUT2D eigenvalue weighted by atomic mass is 16.5. The number of hydrogen-bond donors (Lipinski definition) is 1. The summed E-state index contributed by atoms with van der Waals surface area (Å²) in [4.78, 5) is 25.4. The van der Waals surface area contributed by atoms with Gasteiger partial charge in [-0.3, -0.25) is 9.59 Å². The molecule has 1 rings (SSSR count). The molecule has 1 saturated carbocycles. The summed E-state index contributed by atoms with van der Waals surface area (Å²) in [7, 11) is 0. The molecule has 1 N–H and O–H groups in total. The van der Waals surface area contributed by atoms with Crippen LogP contribution in [-0.2, 0) is 14.3 Å². The largest absolute Gasteiger partial charge is 0.466 e. The van der Waals surface area contributed by atoms with Gasteiger partial charge in [0.2, 0.25) is 0 Å². The Labute approximate surface area is 105 Å². The molecule has 0 aromatic rings. The van der Waals surface area contributed by atoms with Crippen LogP contribution < -0.4 is 0 Å². The van der Waals surface area contributed by atoms with Gasteiger partial charge in [0, 0.05) is 11.3 Å². The summed E-state index contributed by atoms with van der Waals surface area (Å²) < 4.78 is 4.66. The lowest BCUT2D eigenvalue weighted by molar-refractivity contribution is -0.146. The minimum absolute atomic E-state index is 0.171. The average molecular weight is 255 g/mol. The molecule has 2 atom stereocenters.